The number of nitrogens with one attached hydrogen (secondary N) is 1. The van der Waals surface area contributed by atoms with Gasteiger partial charge in [-0.2, -0.15) is 0 Å². The minimum absolute atomic E-state index is 0.186. The Labute approximate surface area is 105 Å². The van der Waals surface area contributed by atoms with Gasteiger partial charge in [-0.3, -0.25) is 4.40 Å². The first kappa shape index (κ1) is 12.5. The van der Waals surface area contributed by atoms with Gasteiger partial charge in [-0.05, 0) is 6.42 Å². The summed E-state index contributed by atoms with van der Waals surface area (Å²) in [5.41, 5.74) is 0.747. The fourth-order valence-corrected chi connectivity index (χ4v) is 3.35. The molecule has 2 heterocycles. The average molecular weight is 273 g/mol. The van der Waals surface area contributed by atoms with Gasteiger partial charge in [0.2, 0.25) is 10.0 Å². The van der Waals surface area contributed by atoms with Crippen molar-refractivity contribution >= 4 is 26.3 Å². The van der Waals surface area contributed by atoms with E-state index in [0.29, 0.717) is 6.42 Å². The second kappa shape index (κ2) is 5.16. The van der Waals surface area contributed by atoms with E-state index in [9.17, 15) is 8.42 Å². The molecule has 2 rings (SSSR count). The lowest BCUT2D eigenvalue weighted by Gasteiger charge is -2.03. The number of imidazole rings is 1. The van der Waals surface area contributed by atoms with Crippen LogP contribution in [0.4, 0.5) is 0 Å². The number of hydrogen-bond acceptors (Lipinski definition) is 4. The number of rotatable bonds is 6. The van der Waals surface area contributed by atoms with E-state index in [1.54, 1.807) is 0 Å². The maximum atomic E-state index is 11.6. The van der Waals surface area contributed by atoms with Gasteiger partial charge in [-0.1, -0.05) is 13.3 Å². The molecule has 0 atom stereocenters. The van der Waals surface area contributed by atoms with Gasteiger partial charge in [0.15, 0.2) is 4.96 Å². The Balaban J connectivity index is 1.96. The van der Waals surface area contributed by atoms with Crippen LogP contribution < -0.4 is 4.72 Å². The van der Waals surface area contributed by atoms with Crippen LogP contribution in [0.25, 0.3) is 4.96 Å². The zero-order valence-electron chi connectivity index (χ0n) is 9.59. The second-order valence-corrected chi connectivity index (χ2v) is 6.62. The molecule has 0 spiro atoms. The Hall–Kier alpha value is -0.920. The number of unbranched alkanes of at least 4 members (excludes halogenated alkanes) is 1. The molecule has 0 aliphatic carbocycles. The van der Waals surface area contributed by atoms with Crippen LogP contribution in [0.5, 0.6) is 0 Å². The number of nitrogens with zero attached hydrogens (tertiary/aromatic N) is 2. The van der Waals surface area contributed by atoms with Gasteiger partial charge < -0.3 is 0 Å². The van der Waals surface area contributed by atoms with Crippen molar-refractivity contribution in [1.29, 1.82) is 0 Å². The zero-order chi connectivity index (χ0) is 12.3. The Morgan fingerprint density at radius 2 is 2.35 bits per heavy atom. The molecule has 0 bridgehead atoms. The first-order valence-corrected chi connectivity index (χ1v) is 8.02. The van der Waals surface area contributed by atoms with Gasteiger partial charge in [-0.25, -0.2) is 18.1 Å². The van der Waals surface area contributed by atoms with Crippen molar-refractivity contribution in [2.45, 2.75) is 26.3 Å². The monoisotopic (exact) mass is 273 g/mol. The Morgan fingerprint density at radius 1 is 1.53 bits per heavy atom. The molecule has 94 valence electrons. The highest BCUT2D eigenvalue weighted by molar-refractivity contribution is 7.89. The minimum Gasteiger partial charge on any atom is -0.297 e. The molecular formula is C10H15N3O2S2. The van der Waals surface area contributed by atoms with Crippen LogP contribution in [0.3, 0.4) is 0 Å². The molecule has 17 heavy (non-hydrogen) atoms. The summed E-state index contributed by atoms with van der Waals surface area (Å²) in [7, 11) is -3.16. The van der Waals surface area contributed by atoms with Crippen molar-refractivity contribution in [1.82, 2.24) is 14.1 Å². The van der Waals surface area contributed by atoms with Crippen LogP contribution in [-0.2, 0) is 16.6 Å². The molecule has 0 radical (unpaired) electrons. The maximum Gasteiger partial charge on any atom is 0.211 e. The summed E-state index contributed by atoms with van der Waals surface area (Å²) in [6.07, 6.45) is 5.31. The van der Waals surface area contributed by atoms with E-state index in [2.05, 4.69) is 9.71 Å². The van der Waals surface area contributed by atoms with Crippen molar-refractivity contribution < 1.29 is 8.42 Å². The van der Waals surface area contributed by atoms with Crippen LogP contribution in [0.15, 0.2) is 17.8 Å². The van der Waals surface area contributed by atoms with Crippen LogP contribution in [0, 0.1) is 0 Å². The fourth-order valence-electron chi connectivity index (χ4n) is 1.45. The zero-order valence-corrected chi connectivity index (χ0v) is 11.2. The lowest BCUT2D eigenvalue weighted by molar-refractivity contribution is 0.577. The van der Waals surface area contributed by atoms with Crippen LogP contribution in [-0.4, -0.2) is 23.6 Å². The Morgan fingerprint density at radius 3 is 3.06 bits per heavy atom. The minimum atomic E-state index is -3.16. The molecule has 0 saturated heterocycles. The SMILES string of the molecule is CCCCS(=O)(=O)NCc1cn2ccsc2n1. The normalized spacial score (nSPS) is 12.3. The highest BCUT2D eigenvalue weighted by Crippen LogP contribution is 2.11. The molecule has 0 unspecified atom stereocenters. The van der Waals surface area contributed by atoms with Gasteiger partial charge in [0.05, 0.1) is 18.0 Å². The Bertz CT molecular complexity index is 557. The summed E-state index contributed by atoms with van der Waals surface area (Å²) in [5, 5.41) is 1.94. The van der Waals surface area contributed by atoms with E-state index in [1.807, 2.05) is 29.1 Å². The molecule has 0 aliphatic rings. The fraction of sp³-hybridized carbons (Fsp3) is 0.500. The number of fused-ring (bicyclic) bond motifs is 1. The van der Waals surface area contributed by atoms with Crippen molar-refractivity contribution in [3.8, 4) is 0 Å². The first-order valence-electron chi connectivity index (χ1n) is 5.49. The third-order valence-corrected chi connectivity index (χ3v) is 4.56. The van der Waals surface area contributed by atoms with E-state index in [4.69, 9.17) is 0 Å². The molecule has 5 nitrogen and oxygen atoms in total. The predicted molar refractivity (Wildman–Crippen MR) is 68.6 cm³/mol. The Kier molecular flexibility index (Phi) is 3.80. The summed E-state index contributed by atoms with van der Waals surface area (Å²) < 4.78 is 27.6. The van der Waals surface area contributed by atoms with E-state index in [1.165, 1.54) is 11.3 Å². The third kappa shape index (κ3) is 3.27. The molecule has 0 saturated carbocycles. The molecule has 2 aromatic rings. The molecule has 0 aromatic carbocycles. The molecule has 0 aliphatic heterocycles. The van der Waals surface area contributed by atoms with Gasteiger partial charge in [0.1, 0.15) is 0 Å². The molecule has 7 heteroatoms. The average Bonchev–Trinajstić information content (AvgIpc) is 2.84. The van der Waals surface area contributed by atoms with Crippen LogP contribution in [0.1, 0.15) is 25.5 Å². The maximum absolute atomic E-state index is 11.6. The van der Waals surface area contributed by atoms with Gasteiger partial charge in [0, 0.05) is 17.8 Å². The molecule has 0 amide bonds. The summed E-state index contributed by atoms with van der Waals surface area (Å²) in [5.74, 6) is 0.186. The predicted octanol–water partition coefficient (Wildman–Crippen LogP) is 1.62. The first-order chi connectivity index (χ1) is 8.11. The quantitative estimate of drug-likeness (QED) is 0.870. The van der Waals surface area contributed by atoms with Crippen molar-refractivity contribution in [2.24, 2.45) is 0 Å². The van der Waals surface area contributed by atoms with Gasteiger partial charge in [0.25, 0.3) is 0 Å². The van der Waals surface area contributed by atoms with Gasteiger partial charge in [-0.15, -0.1) is 11.3 Å². The molecular weight excluding hydrogens is 258 g/mol. The summed E-state index contributed by atoms with van der Waals surface area (Å²) in [6.45, 7) is 2.24. The summed E-state index contributed by atoms with van der Waals surface area (Å²) >= 11 is 1.53. The molecule has 1 N–H and O–H groups in total. The third-order valence-electron chi connectivity index (χ3n) is 2.38. The van der Waals surface area contributed by atoms with Crippen LogP contribution in [0.2, 0.25) is 0 Å². The van der Waals surface area contributed by atoms with E-state index in [0.717, 1.165) is 17.1 Å². The van der Waals surface area contributed by atoms with Crippen molar-refractivity contribution in [3.05, 3.63) is 23.5 Å². The number of sulfonamides is 1. The highest BCUT2D eigenvalue weighted by atomic mass is 32.2. The van der Waals surface area contributed by atoms with E-state index >= 15 is 0 Å². The van der Waals surface area contributed by atoms with E-state index in [-0.39, 0.29) is 12.3 Å². The number of aromatic nitrogens is 2. The van der Waals surface area contributed by atoms with Crippen molar-refractivity contribution in [2.75, 3.05) is 5.75 Å². The second-order valence-electron chi connectivity index (χ2n) is 3.82. The lowest BCUT2D eigenvalue weighted by atomic mass is 10.4. The number of thiazole rings is 1. The lowest BCUT2D eigenvalue weighted by Crippen LogP contribution is -2.26. The van der Waals surface area contributed by atoms with Gasteiger partial charge >= 0.3 is 0 Å². The summed E-state index contributed by atoms with van der Waals surface area (Å²) in [6, 6.07) is 0. The largest absolute Gasteiger partial charge is 0.297 e. The highest BCUT2D eigenvalue weighted by Gasteiger charge is 2.10. The molecule has 2 aromatic heterocycles. The van der Waals surface area contributed by atoms with Crippen LogP contribution >= 0.6 is 11.3 Å². The summed E-state index contributed by atoms with van der Waals surface area (Å²) in [4.78, 5) is 5.19. The van der Waals surface area contributed by atoms with E-state index < -0.39 is 10.0 Å². The number of hydrogen-bond donors (Lipinski definition) is 1. The molecule has 0 fully saturated rings. The topological polar surface area (TPSA) is 63.5 Å². The smallest absolute Gasteiger partial charge is 0.211 e. The van der Waals surface area contributed by atoms with Crippen molar-refractivity contribution in [3.63, 3.8) is 0 Å². The standard InChI is InChI=1S/C10H15N3O2S2/c1-2-3-6-17(14,15)11-7-9-8-13-4-5-16-10(13)12-9/h4-5,8,11H,2-3,6-7H2,1H3.